The molecule has 1 saturated heterocycles. The van der Waals surface area contributed by atoms with Gasteiger partial charge in [-0.3, -0.25) is 4.79 Å². The predicted molar refractivity (Wildman–Crippen MR) is 53.7 cm³/mol. The van der Waals surface area contributed by atoms with Gasteiger partial charge in [-0.2, -0.15) is 0 Å². The number of carbonyl (C=O) groups excluding carboxylic acids is 1. The van der Waals surface area contributed by atoms with Crippen molar-refractivity contribution in [1.82, 2.24) is 10.2 Å². The molecule has 1 fully saturated rings. The summed E-state index contributed by atoms with van der Waals surface area (Å²) in [4.78, 5) is 13.5. The second kappa shape index (κ2) is 4.25. The molecule has 5 heteroatoms. The first kappa shape index (κ1) is 11.4. The van der Waals surface area contributed by atoms with Crippen LogP contribution in [0.2, 0.25) is 0 Å². The van der Waals surface area contributed by atoms with Gasteiger partial charge in [0.25, 0.3) is 0 Å². The highest BCUT2D eigenvalue weighted by molar-refractivity contribution is 5.86. The number of aliphatic hydroxyl groups excluding tert-OH is 1. The van der Waals surface area contributed by atoms with Crippen LogP contribution in [-0.4, -0.2) is 53.7 Å². The van der Waals surface area contributed by atoms with Gasteiger partial charge >= 0.3 is 0 Å². The topological polar surface area (TPSA) is 78.6 Å². The quantitative estimate of drug-likeness (QED) is 0.509. The monoisotopic (exact) mass is 201 g/mol. The molecule has 82 valence electrons. The van der Waals surface area contributed by atoms with Crippen molar-refractivity contribution in [2.45, 2.75) is 25.4 Å². The number of carbonyl (C=O) groups is 1. The molecule has 0 aromatic heterocycles. The predicted octanol–water partition coefficient (Wildman–Crippen LogP) is -1.48. The molecule has 0 aromatic carbocycles. The zero-order chi connectivity index (χ0) is 10.8. The largest absolute Gasteiger partial charge is 0.394 e. The maximum atomic E-state index is 11.8. The molecule has 0 aromatic rings. The van der Waals surface area contributed by atoms with E-state index in [1.54, 1.807) is 11.8 Å². The Morgan fingerprint density at radius 3 is 2.93 bits per heavy atom. The molecule has 1 rings (SSSR count). The molecule has 4 N–H and O–H groups in total. The number of amides is 1. The van der Waals surface area contributed by atoms with Crippen LogP contribution in [0.1, 0.15) is 13.8 Å². The molecule has 5 nitrogen and oxygen atoms in total. The van der Waals surface area contributed by atoms with E-state index in [1.165, 1.54) is 0 Å². The van der Waals surface area contributed by atoms with Gasteiger partial charge in [-0.15, -0.1) is 0 Å². The highest BCUT2D eigenvalue weighted by Gasteiger charge is 2.33. The Balaban J connectivity index is 2.60. The summed E-state index contributed by atoms with van der Waals surface area (Å²) in [7, 11) is 0. The van der Waals surface area contributed by atoms with Crippen LogP contribution in [0.15, 0.2) is 0 Å². The summed E-state index contributed by atoms with van der Waals surface area (Å²) < 4.78 is 0. The molecule has 0 spiro atoms. The smallest absolute Gasteiger partial charge is 0.244 e. The maximum Gasteiger partial charge on any atom is 0.244 e. The van der Waals surface area contributed by atoms with Crippen molar-refractivity contribution in [2.75, 3.05) is 26.2 Å². The van der Waals surface area contributed by atoms with Crippen LogP contribution in [0.4, 0.5) is 0 Å². The molecule has 2 atom stereocenters. The van der Waals surface area contributed by atoms with E-state index in [4.69, 9.17) is 10.8 Å². The van der Waals surface area contributed by atoms with Crippen LogP contribution in [0, 0.1) is 0 Å². The lowest BCUT2D eigenvalue weighted by atomic mass is 10.0. The molecule has 0 saturated carbocycles. The summed E-state index contributed by atoms with van der Waals surface area (Å²) in [6.45, 7) is 5.37. The molecule has 1 amide bonds. The van der Waals surface area contributed by atoms with Crippen molar-refractivity contribution < 1.29 is 9.90 Å². The Morgan fingerprint density at radius 2 is 2.43 bits per heavy atom. The zero-order valence-corrected chi connectivity index (χ0v) is 8.79. The van der Waals surface area contributed by atoms with E-state index >= 15 is 0 Å². The highest BCUT2D eigenvalue weighted by atomic mass is 16.3. The molecule has 0 aliphatic carbocycles. The normalized spacial score (nSPS) is 27.1. The lowest BCUT2D eigenvalue weighted by molar-refractivity contribution is -0.138. The minimum Gasteiger partial charge on any atom is -0.394 e. The van der Waals surface area contributed by atoms with Gasteiger partial charge in [0.05, 0.1) is 6.61 Å². The van der Waals surface area contributed by atoms with E-state index in [2.05, 4.69) is 5.32 Å². The van der Waals surface area contributed by atoms with Crippen LogP contribution in [0.5, 0.6) is 0 Å². The van der Waals surface area contributed by atoms with Crippen LogP contribution in [0.3, 0.4) is 0 Å². The fourth-order valence-electron chi connectivity index (χ4n) is 1.55. The molecule has 0 bridgehead atoms. The lowest BCUT2D eigenvalue weighted by Crippen LogP contribution is -2.61. The summed E-state index contributed by atoms with van der Waals surface area (Å²) in [6, 6.07) is 0.294. The van der Waals surface area contributed by atoms with E-state index in [-0.39, 0.29) is 12.5 Å². The molecule has 1 aliphatic heterocycles. The third-order valence-electron chi connectivity index (χ3n) is 2.47. The van der Waals surface area contributed by atoms with E-state index in [9.17, 15) is 4.79 Å². The van der Waals surface area contributed by atoms with E-state index in [1.807, 2.05) is 6.92 Å². The van der Waals surface area contributed by atoms with Crippen molar-refractivity contribution >= 4 is 5.91 Å². The summed E-state index contributed by atoms with van der Waals surface area (Å²) in [5, 5.41) is 12.2. The first-order valence-corrected chi connectivity index (χ1v) is 4.90. The van der Waals surface area contributed by atoms with Crippen molar-refractivity contribution in [3.63, 3.8) is 0 Å². The van der Waals surface area contributed by atoms with Gasteiger partial charge in [-0.1, -0.05) is 0 Å². The first-order valence-electron chi connectivity index (χ1n) is 4.90. The number of hydrogen-bond acceptors (Lipinski definition) is 4. The second-order valence-electron chi connectivity index (χ2n) is 4.18. The maximum absolute atomic E-state index is 11.8. The third-order valence-corrected chi connectivity index (χ3v) is 2.47. The van der Waals surface area contributed by atoms with Gasteiger partial charge in [0.1, 0.15) is 5.54 Å². The summed E-state index contributed by atoms with van der Waals surface area (Å²) in [6.07, 6.45) is 0. The zero-order valence-electron chi connectivity index (χ0n) is 8.79. The van der Waals surface area contributed by atoms with Gasteiger partial charge in [0.2, 0.25) is 5.91 Å². The Hall–Kier alpha value is -0.650. The van der Waals surface area contributed by atoms with Crippen LogP contribution in [-0.2, 0) is 4.79 Å². The van der Waals surface area contributed by atoms with Crippen LogP contribution < -0.4 is 11.1 Å². The highest BCUT2D eigenvalue weighted by Crippen LogP contribution is 2.07. The average Bonchev–Trinajstić information content (AvgIpc) is 2.16. The molecule has 0 radical (unpaired) electrons. The number of hydrogen-bond donors (Lipinski definition) is 3. The van der Waals surface area contributed by atoms with Crippen molar-refractivity contribution in [1.29, 1.82) is 0 Å². The molecular weight excluding hydrogens is 182 g/mol. The first-order chi connectivity index (χ1) is 6.47. The van der Waals surface area contributed by atoms with Gasteiger partial charge in [-0.25, -0.2) is 0 Å². The number of rotatable bonds is 2. The standard InChI is InChI=1S/C9H19N3O2/c1-7-5-12(4-3-11-7)8(14)9(2,10)6-13/h7,11,13H,3-6,10H2,1-2H3/t7-,9+/m1/s1. The Labute approximate surface area is 84.3 Å². The summed E-state index contributed by atoms with van der Waals surface area (Å²) >= 11 is 0. The number of nitrogens with two attached hydrogens (primary N) is 1. The third kappa shape index (κ3) is 2.43. The minimum atomic E-state index is -1.14. The number of piperazine rings is 1. The van der Waals surface area contributed by atoms with Gasteiger partial charge in [0, 0.05) is 25.7 Å². The molecule has 14 heavy (non-hydrogen) atoms. The van der Waals surface area contributed by atoms with Crippen molar-refractivity contribution in [3.05, 3.63) is 0 Å². The fourth-order valence-corrected chi connectivity index (χ4v) is 1.55. The molecule has 1 heterocycles. The number of nitrogens with zero attached hydrogens (tertiary/aromatic N) is 1. The van der Waals surface area contributed by atoms with Gasteiger partial charge in [0.15, 0.2) is 0 Å². The molecule has 1 aliphatic rings. The summed E-state index contributed by atoms with van der Waals surface area (Å²) in [5.41, 5.74) is 4.53. The summed E-state index contributed by atoms with van der Waals surface area (Å²) in [5.74, 6) is -0.173. The second-order valence-corrected chi connectivity index (χ2v) is 4.18. The van der Waals surface area contributed by atoms with Crippen molar-refractivity contribution in [3.8, 4) is 0 Å². The average molecular weight is 201 g/mol. The van der Waals surface area contributed by atoms with Crippen LogP contribution in [0.25, 0.3) is 0 Å². The van der Waals surface area contributed by atoms with Gasteiger partial charge < -0.3 is 21.1 Å². The van der Waals surface area contributed by atoms with Crippen LogP contribution >= 0.6 is 0 Å². The fraction of sp³-hybridized carbons (Fsp3) is 0.889. The minimum absolute atomic E-state index is 0.173. The lowest BCUT2D eigenvalue weighted by Gasteiger charge is -2.36. The van der Waals surface area contributed by atoms with Gasteiger partial charge in [-0.05, 0) is 13.8 Å². The number of nitrogens with one attached hydrogen (secondary N) is 1. The Kier molecular flexibility index (Phi) is 3.47. The van der Waals surface area contributed by atoms with E-state index < -0.39 is 5.54 Å². The van der Waals surface area contributed by atoms with E-state index in [0.717, 1.165) is 6.54 Å². The molecular formula is C9H19N3O2. The Morgan fingerprint density at radius 1 is 1.79 bits per heavy atom. The Bertz CT molecular complexity index is 218. The van der Waals surface area contributed by atoms with Crippen molar-refractivity contribution in [2.24, 2.45) is 5.73 Å². The SMILES string of the molecule is C[C@@H]1CN(C(=O)[C@@](C)(N)CO)CCN1. The van der Waals surface area contributed by atoms with E-state index in [0.29, 0.717) is 19.1 Å². The number of aliphatic hydroxyl groups is 1. The molecule has 0 unspecified atom stereocenters.